The zero-order valence-corrected chi connectivity index (χ0v) is 16.0. The summed E-state index contributed by atoms with van der Waals surface area (Å²) in [5.41, 5.74) is 1.78. The number of fused-ring (bicyclic) bond motifs is 1. The fraction of sp³-hybridized carbons (Fsp3) is 0.211. The number of halogens is 2. The summed E-state index contributed by atoms with van der Waals surface area (Å²) in [6.45, 7) is -2.66. The van der Waals surface area contributed by atoms with Crippen molar-refractivity contribution in [3.63, 3.8) is 0 Å². The van der Waals surface area contributed by atoms with Crippen molar-refractivity contribution in [2.45, 2.75) is 17.5 Å². The molecule has 0 aliphatic heterocycles. The van der Waals surface area contributed by atoms with Crippen molar-refractivity contribution in [3.8, 4) is 17.1 Å². The normalized spacial score (nSPS) is 11.5. The summed E-state index contributed by atoms with van der Waals surface area (Å²) in [7, 11) is 3.43. The molecule has 2 aromatic heterocycles. The van der Waals surface area contributed by atoms with Crippen molar-refractivity contribution in [3.05, 3.63) is 54.4 Å². The minimum absolute atomic E-state index is 0.247. The Balaban J connectivity index is 1.63. The minimum Gasteiger partial charge on any atom is -0.496 e. The Bertz CT molecular complexity index is 1120. The lowest BCUT2D eigenvalue weighted by atomic mass is 10.2. The van der Waals surface area contributed by atoms with E-state index in [2.05, 4.69) is 15.2 Å². The summed E-state index contributed by atoms with van der Waals surface area (Å²) < 4.78 is 35.3. The second-order valence-corrected chi connectivity index (χ2v) is 6.96. The van der Waals surface area contributed by atoms with Crippen LogP contribution in [-0.2, 0) is 12.8 Å². The van der Waals surface area contributed by atoms with Gasteiger partial charge in [-0.15, -0.1) is 10.2 Å². The maximum Gasteiger partial charge on any atom is 0.320 e. The highest BCUT2D eigenvalue weighted by atomic mass is 32.2. The number of nitrogens with zero attached hydrogens (tertiary/aromatic N) is 5. The molecule has 4 rings (SSSR count). The first-order valence-electron chi connectivity index (χ1n) is 8.49. The molecule has 0 aliphatic carbocycles. The maximum atomic E-state index is 13.6. The molecule has 0 bridgehead atoms. The van der Waals surface area contributed by atoms with E-state index in [1.807, 2.05) is 35.9 Å². The number of imidazole rings is 1. The fourth-order valence-electron chi connectivity index (χ4n) is 3.05. The Labute approximate surface area is 164 Å². The standard InChI is InChI=1S/C19H17F2N5OS/c1-25-17(12-7-3-6-10-15(12)27-2)23-24-19(25)28-11-16-22-13-8-4-5-9-14(13)26(16)18(20)21/h3-10,18H,11H2,1-2H3. The third-order valence-electron chi connectivity index (χ3n) is 4.38. The maximum absolute atomic E-state index is 13.6. The van der Waals surface area contributed by atoms with Crippen LogP contribution in [0, 0.1) is 0 Å². The summed E-state index contributed by atoms with van der Waals surface area (Å²) >= 11 is 1.31. The molecule has 0 N–H and O–H groups in total. The van der Waals surface area contributed by atoms with Gasteiger partial charge in [0.05, 0.1) is 29.5 Å². The molecule has 2 aromatic carbocycles. The summed E-state index contributed by atoms with van der Waals surface area (Å²) in [6, 6.07) is 14.4. The van der Waals surface area contributed by atoms with Gasteiger partial charge in [-0.2, -0.15) is 8.78 Å². The highest BCUT2D eigenvalue weighted by molar-refractivity contribution is 7.98. The lowest BCUT2D eigenvalue weighted by Gasteiger charge is -2.09. The van der Waals surface area contributed by atoms with Gasteiger partial charge in [0.15, 0.2) is 11.0 Å². The van der Waals surface area contributed by atoms with Gasteiger partial charge in [-0.1, -0.05) is 36.0 Å². The van der Waals surface area contributed by atoms with Crippen molar-refractivity contribution in [2.24, 2.45) is 7.05 Å². The average molecular weight is 401 g/mol. The third kappa shape index (κ3) is 3.22. The second-order valence-electron chi connectivity index (χ2n) is 6.02. The second kappa shape index (κ2) is 7.59. The van der Waals surface area contributed by atoms with Crippen LogP contribution in [0.25, 0.3) is 22.4 Å². The number of para-hydroxylation sites is 3. The number of thioether (sulfide) groups is 1. The molecular formula is C19H17F2N5OS. The lowest BCUT2D eigenvalue weighted by Crippen LogP contribution is -2.04. The molecule has 0 saturated carbocycles. The Hall–Kier alpha value is -2.94. The predicted octanol–water partition coefficient (Wildman–Crippen LogP) is 4.53. The fourth-order valence-corrected chi connectivity index (χ4v) is 3.89. The van der Waals surface area contributed by atoms with Gasteiger partial charge >= 0.3 is 6.55 Å². The highest BCUT2D eigenvalue weighted by Gasteiger charge is 2.19. The van der Waals surface area contributed by atoms with Gasteiger partial charge in [0.2, 0.25) is 0 Å². The Morgan fingerprint density at radius 3 is 2.61 bits per heavy atom. The molecule has 0 spiro atoms. The Morgan fingerprint density at radius 2 is 1.82 bits per heavy atom. The van der Waals surface area contributed by atoms with Gasteiger partial charge in [0, 0.05) is 7.05 Å². The van der Waals surface area contributed by atoms with E-state index in [-0.39, 0.29) is 5.75 Å². The van der Waals surface area contributed by atoms with Gasteiger partial charge in [-0.05, 0) is 24.3 Å². The summed E-state index contributed by atoms with van der Waals surface area (Å²) in [5.74, 6) is 1.87. The molecule has 4 aromatic rings. The number of alkyl halides is 2. The number of rotatable bonds is 6. The quantitative estimate of drug-likeness (QED) is 0.445. The number of methoxy groups -OCH3 is 1. The van der Waals surface area contributed by atoms with E-state index in [4.69, 9.17) is 4.74 Å². The van der Waals surface area contributed by atoms with E-state index in [0.29, 0.717) is 33.6 Å². The Morgan fingerprint density at radius 1 is 1.07 bits per heavy atom. The molecule has 0 saturated heterocycles. The summed E-state index contributed by atoms with van der Waals surface area (Å²) in [4.78, 5) is 4.36. The molecular weight excluding hydrogens is 384 g/mol. The van der Waals surface area contributed by atoms with Crippen molar-refractivity contribution >= 4 is 22.8 Å². The number of hydrogen-bond acceptors (Lipinski definition) is 5. The molecule has 0 aliphatic rings. The summed E-state index contributed by atoms with van der Waals surface area (Å²) in [6.07, 6.45) is 0. The zero-order chi connectivity index (χ0) is 19.7. The van der Waals surface area contributed by atoms with Crippen molar-refractivity contribution in [2.75, 3.05) is 7.11 Å². The van der Waals surface area contributed by atoms with Crippen LogP contribution in [-0.4, -0.2) is 31.4 Å². The van der Waals surface area contributed by atoms with Crippen LogP contribution in [0.15, 0.2) is 53.7 Å². The first-order chi connectivity index (χ1) is 13.6. The van der Waals surface area contributed by atoms with Crippen LogP contribution in [0.4, 0.5) is 8.78 Å². The topological polar surface area (TPSA) is 57.8 Å². The van der Waals surface area contributed by atoms with E-state index in [0.717, 1.165) is 10.1 Å². The van der Waals surface area contributed by atoms with Crippen LogP contribution in [0.1, 0.15) is 12.4 Å². The third-order valence-corrected chi connectivity index (χ3v) is 5.39. The van der Waals surface area contributed by atoms with Crippen LogP contribution in [0.3, 0.4) is 0 Å². The number of aromatic nitrogens is 5. The van der Waals surface area contributed by atoms with Gasteiger partial charge < -0.3 is 9.30 Å². The van der Waals surface area contributed by atoms with Crippen molar-refractivity contribution < 1.29 is 13.5 Å². The summed E-state index contributed by atoms with van der Waals surface area (Å²) in [5, 5.41) is 9.06. The molecule has 2 heterocycles. The van der Waals surface area contributed by atoms with E-state index < -0.39 is 6.55 Å². The first kappa shape index (κ1) is 18.4. The van der Waals surface area contributed by atoms with Crippen LogP contribution in [0.2, 0.25) is 0 Å². The number of ether oxygens (including phenoxy) is 1. The Kier molecular flexibility index (Phi) is 4.99. The van der Waals surface area contributed by atoms with Gasteiger partial charge in [0.1, 0.15) is 11.6 Å². The molecule has 0 atom stereocenters. The van der Waals surface area contributed by atoms with Crippen molar-refractivity contribution in [1.82, 2.24) is 24.3 Å². The van der Waals surface area contributed by atoms with E-state index in [1.54, 1.807) is 31.4 Å². The van der Waals surface area contributed by atoms with Gasteiger partial charge in [-0.3, -0.25) is 4.57 Å². The molecule has 0 fully saturated rings. The largest absolute Gasteiger partial charge is 0.496 e. The lowest BCUT2D eigenvalue weighted by molar-refractivity contribution is 0.0722. The smallest absolute Gasteiger partial charge is 0.320 e. The minimum atomic E-state index is -2.66. The molecule has 9 heteroatoms. The molecule has 0 unspecified atom stereocenters. The molecule has 6 nitrogen and oxygen atoms in total. The van der Waals surface area contributed by atoms with Crippen LogP contribution < -0.4 is 4.74 Å². The van der Waals surface area contributed by atoms with Crippen LogP contribution >= 0.6 is 11.8 Å². The van der Waals surface area contributed by atoms with Gasteiger partial charge in [-0.25, -0.2) is 4.98 Å². The van der Waals surface area contributed by atoms with Crippen molar-refractivity contribution in [1.29, 1.82) is 0 Å². The van der Waals surface area contributed by atoms with E-state index in [1.165, 1.54) is 11.8 Å². The van der Waals surface area contributed by atoms with E-state index >= 15 is 0 Å². The average Bonchev–Trinajstić information content (AvgIpc) is 3.26. The zero-order valence-electron chi connectivity index (χ0n) is 15.2. The van der Waals surface area contributed by atoms with Gasteiger partial charge in [0.25, 0.3) is 0 Å². The van der Waals surface area contributed by atoms with E-state index in [9.17, 15) is 8.78 Å². The molecule has 28 heavy (non-hydrogen) atoms. The number of hydrogen-bond donors (Lipinski definition) is 0. The monoisotopic (exact) mass is 401 g/mol. The SMILES string of the molecule is COc1ccccc1-c1nnc(SCc2nc3ccccc3n2C(F)F)n1C. The molecule has 144 valence electrons. The molecule has 0 amide bonds. The molecule has 0 radical (unpaired) electrons. The highest BCUT2D eigenvalue weighted by Crippen LogP contribution is 2.32. The predicted molar refractivity (Wildman–Crippen MR) is 104 cm³/mol. The van der Waals surface area contributed by atoms with Crippen LogP contribution in [0.5, 0.6) is 5.75 Å². The first-order valence-corrected chi connectivity index (χ1v) is 9.48. The number of benzene rings is 2.